The minimum Gasteiger partial charge on any atom is -0.342 e. The van der Waals surface area contributed by atoms with Crippen molar-refractivity contribution in [3.05, 3.63) is 47.5 Å². The van der Waals surface area contributed by atoms with E-state index < -0.39 is 23.0 Å². The number of amides is 1. The third kappa shape index (κ3) is 3.75. The Labute approximate surface area is 222 Å². The summed E-state index contributed by atoms with van der Waals surface area (Å²) in [6.45, 7) is 2.02. The van der Waals surface area contributed by atoms with Gasteiger partial charge in [0.1, 0.15) is 17.4 Å². The molecule has 1 N–H and O–H groups in total. The van der Waals surface area contributed by atoms with Crippen LogP contribution in [0.15, 0.2) is 30.5 Å². The third-order valence-electron chi connectivity index (χ3n) is 7.98. The van der Waals surface area contributed by atoms with Crippen LogP contribution in [0.2, 0.25) is 0 Å². The molecule has 6 rings (SSSR count). The molecule has 1 aliphatic carbocycles. The molecule has 0 unspecified atom stereocenters. The lowest BCUT2D eigenvalue weighted by molar-refractivity contribution is -0.138. The van der Waals surface area contributed by atoms with Gasteiger partial charge in [-0.3, -0.25) is 9.69 Å². The van der Waals surface area contributed by atoms with Crippen LogP contribution in [-0.2, 0) is 11.0 Å². The molecule has 0 bridgehead atoms. The second-order valence-corrected chi connectivity index (χ2v) is 10.6. The van der Waals surface area contributed by atoms with Crippen molar-refractivity contribution < 1.29 is 18.0 Å². The largest absolute Gasteiger partial charge is 0.419 e. The number of carbonyl (C=O) groups is 1. The van der Waals surface area contributed by atoms with E-state index in [0.29, 0.717) is 24.4 Å². The van der Waals surface area contributed by atoms with E-state index in [4.69, 9.17) is 22.5 Å². The van der Waals surface area contributed by atoms with Crippen molar-refractivity contribution in [3.63, 3.8) is 0 Å². The topological polar surface area (TPSA) is 92.2 Å². The number of anilines is 2. The molecule has 0 atom stereocenters. The number of benzene rings is 1. The van der Waals surface area contributed by atoms with Gasteiger partial charge in [-0.15, -0.1) is 0 Å². The monoisotopic (exact) mass is 539 g/mol. The van der Waals surface area contributed by atoms with Gasteiger partial charge in [-0.2, -0.15) is 18.4 Å². The highest BCUT2D eigenvalue weighted by atomic mass is 32.1. The lowest BCUT2D eigenvalue weighted by Gasteiger charge is -2.43. The number of thiocarbonyl (C=S) groups is 1. The zero-order valence-electron chi connectivity index (χ0n) is 20.5. The fourth-order valence-corrected chi connectivity index (χ4v) is 6.19. The fourth-order valence-electron chi connectivity index (χ4n) is 5.72. The first-order valence-corrected chi connectivity index (χ1v) is 12.9. The number of aromatic nitrogens is 3. The number of nitrogens with one attached hydrogen (secondary N) is 1. The molecule has 2 saturated heterocycles. The number of imidazole rings is 1. The second-order valence-electron chi connectivity index (χ2n) is 10.2. The SMILES string of the molecule is CN1CCC(c2nc3cc(N4C(=S)N(c5cnc(C#N)c(C(F)(F)F)c5)C(=O)C45CCC5)ccc3[nH]2)CC1. The number of carbonyl (C=O) groups excluding carboxylic acids is 1. The van der Waals surface area contributed by atoms with Gasteiger partial charge in [0.15, 0.2) is 10.8 Å². The summed E-state index contributed by atoms with van der Waals surface area (Å²) in [4.78, 5) is 30.9. The number of hydrogen-bond donors (Lipinski definition) is 1. The Morgan fingerprint density at radius 3 is 2.55 bits per heavy atom. The molecule has 1 amide bonds. The first kappa shape index (κ1) is 24.8. The summed E-state index contributed by atoms with van der Waals surface area (Å²) in [7, 11) is 2.11. The van der Waals surface area contributed by atoms with Crippen LogP contribution in [0.4, 0.5) is 24.5 Å². The number of alkyl halides is 3. The minimum atomic E-state index is -4.80. The highest BCUT2D eigenvalue weighted by molar-refractivity contribution is 7.81. The van der Waals surface area contributed by atoms with Gasteiger partial charge in [-0.1, -0.05) is 0 Å². The maximum Gasteiger partial charge on any atom is 0.419 e. The standard InChI is InChI=1S/C26H24F3N7OS/c1-34-9-5-15(6-10-34)22-32-19-4-3-16(12-20(19)33-22)36-24(38)35(23(37)25(36)7-2-8-25)17-11-18(26(27,28)29)21(13-30)31-14-17/h3-4,11-12,14-15H,2,5-10H2,1H3,(H,32,33). The molecule has 4 heterocycles. The molecule has 3 fully saturated rings. The molecule has 38 heavy (non-hydrogen) atoms. The maximum absolute atomic E-state index is 13.7. The van der Waals surface area contributed by atoms with Crippen molar-refractivity contribution in [3.8, 4) is 6.07 Å². The number of H-pyrrole nitrogens is 1. The van der Waals surface area contributed by atoms with Gasteiger partial charge in [0.2, 0.25) is 0 Å². The second kappa shape index (κ2) is 8.74. The Balaban J connectivity index is 1.37. The summed E-state index contributed by atoms with van der Waals surface area (Å²) in [5.74, 6) is 0.896. The van der Waals surface area contributed by atoms with Gasteiger partial charge in [-0.05, 0) is 88.7 Å². The smallest absolute Gasteiger partial charge is 0.342 e. The zero-order valence-corrected chi connectivity index (χ0v) is 21.4. The number of piperidine rings is 1. The van der Waals surface area contributed by atoms with Gasteiger partial charge >= 0.3 is 6.18 Å². The first-order valence-electron chi connectivity index (χ1n) is 12.5. The van der Waals surface area contributed by atoms with Crippen molar-refractivity contribution in [2.75, 3.05) is 29.9 Å². The van der Waals surface area contributed by atoms with Crippen LogP contribution in [0.1, 0.15) is 55.1 Å². The normalized spacial score (nSPS) is 20.4. The third-order valence-corrected chi connectivity index (χ3v) is 8.35. The highest BCUT2D eigenvalue weighted by Gasteiger charge is 2.59. The maximum atomic E-state index is 13.7. The predicted molar refractivity (Wildman–Crippen MR) is 139 cm³/mol. The van der Waals surface area contributed by atoms with E-state index in [-0.39, 0.29) is 16.7 Å². The quantitative estimate of drug-likeness (QED) is 0.482. The summed E-state index contributed by atoms with van der Waals surface area (Å²) in [6.07, 6.45) is 0.176. The Hall–Kier alpha value is -3.56. The Morgan fingerprint density at radius 2 is 1.92 bits per heavy atom. The van der Waals surface area contributed by atoms with Crippen molar-refractivity contribution >= 4 is 45.6 Å². The Bertz CT molecular complexity index is 1500. The highest BCUT2D eigenvalue weighted by Crippen LogP contribution is 2.48. The van der Waals surface area contributed by atoms with Crippen LogP contribution < -0.4 is 9.80 Å². The molecule has 1 aromatic carbocycles. The van der Waals surface area contributed by atoms with E-state index in [1.807, 2.05) is 18.2 Å². The van der Waals surface area contributed by atoms with E-state index in [0.717, 1.165) is 66.4 Å². The number of likely N-dealkylation sites (tertiary alicyclic amines) is 1. The number of fused-ring (bicyclic) bond motifs is 1. The molecule has 3 aromatic rings. The van der Waals surface area contributed by atoms with Gasteiger partial charge in [-0.25, -0.2) is 9.97 Å². The van der Waals surface area contributed by atoms with E-state index in [1.165, 1.54) is 6.07 Å². The average molecular weight is 540 g/mol. The molecule has 3 aliphatic rings. The number of nitrogens with zero attached hydrogens (tertiary/aromatic N) is 6. The van der Waals surface area contributed by atoms with Crippen LogP contribution in [0.5, 0.6) is 0 Å². The number of aromatic amines is 1. The number of nitriles is 1. The molecule has 2 aromatic heterocycles. The molecular formula is C26H24F3N7OS. The lowest BCUT2D eigenvalue weighted by Crippen LogP contribution is -2.55. The van der Waals surface area contributed by atoms with E-state index in [1.54, 1.807) is 4.90 Å². The van der Waals surface area contributed by atoms with Crippen LogP contribution >= 0.6 is 12.2 Å². The molecule has 196 valence electrons. The summed E-state index contributed by atoms with van der Waals surface area (Å²) in [6, 6.07) is 7.89. The van der Waals surface area contributed by atoms with Crippen LogP contribution in [0, 0.1) is 11.3 Å². The van der Waals surface area contributed by atoms with Gasteiger partial charge < -0.3 is 14.8 Å². The summed E-state index contributed by atoms with van der Waals surface area (Å²) >= 11 is 5.72. The molecular weight excluding hydrogens is 515 g/mol. The molecule has 1 saturated carbocycles. The number of rotatable bonds is 3. The number of hydrogen-bond acceptors (Lipinski definition) is 6. The van der Waals surface area contributed by atoms with E-state index in [9.17, 15) is 18.0 Å². The predicted octanol–water partition coefficient (Wildman–Crippen LogP) is 4.72. The van der Waals surface area contributed by atoms with Crippen molar-refractivity contribution in [1.82, 2.24) is 19.9 Å². The van der Waals surface area contributed by atoms with Crippen molar-refractivity contribution in [1.29, 1.82) is 5.26 Å². The molecule has 2 aliphatic heterocycles. The van der Waals surface area contributed by atoms with E-state index >= 15 is 0 Å². The first-order chi connectivity index (χ1) is 18.1. The molecule has 8 nitrogen and oxygen atoms in total. The van der Waals surface area contributed by atoms with Crippen molar-refractivity contribution in [2.24, 2.45) is 0 Å². The lowest BCUT2D eigenvalue weighted by atomic mass is 9.75. The van der Waals surface area contributed by atoms with Gasteiger partial charge in [0.25, 0.3) is 5.91 Å². The Morgan fingerprint density at radius 1 is 1.18 bits per heavy atom. The molecule has 0 radical (unpaired) electrons. The summed E-state index contributed by atoms with van der Waals surface area (Å²) in [5.41, 5.74) is -0.733. The van der Waals surface area contributed by atoms with Crippen LogP contribution in [0.25, 0.3) is 11.0 Å². The number of halogens is 3. The Kier molecular flexibility index (Phi) is 5.70. The minimum absolute atomic E-state index is 0.0831. The fraction of sp³-hybridized carbons (Fsp3) is 0.423. The number of pyridine rings is 1. The van der Waals surface area contributed by atoms with Crippen LogP contribution in [0.3, 0.4) is 0 Å². The van der Waals surface area contributed by atoms with E-state index in [2.05, 4.69) is 21.9 Å². The summed E-state index contributed by atoms with van der Waals surface area (Å²) < 4.78 is 40.9. The molecule has 12 heteroatoms. The van der Waals surface area contributed by atoms with Crippen molar-refractivity contribution in [2.45, 2.75) is 49.7 Å². The van der Waals surface area contributed by atoms with Gasteiger partial charge in [0, 0.05) is 11.6 Å². The summed E-state index contributed by atoms with van der Waals surface area (Å²) in [5, 5.41) is 9.19. The van der Waals surface area contributed by atoms with Crippen LogP contribution in [-0.4, -0.2) is 56.5 Å². The zero-order chi connectivity index (χ0) is 26.8. The molecule has 1 spiro atoms. The van der Waals surface area contributed by atoms with Gasteiger partial charge in [0.05, 0.1) is 28.5 Å². The average Bonchev–Trinajstić information content (AvgIpc) is 3.39.